The monoisotopic (exact) mass is 562 g/mol. The van der Waals surface area contributed by atoms with E-state index in [2.05, 4.69) is 32.0 Å². The van der Waals surface area contributed by atoms with E-state index >= 15 is 0 Å². The fourth-order valence-electron chi connectivity index (χ4n) is 7.72. The number of rotatable bonds is 0. The molecule has 6 rings (SSSR count). The average Bonchev–Trinajstić information content (AvgIpc) is 2.92. The van der Waals surface area contributed by atoms with E-state index in [0.29, 0.717) is 16.6 Å². The minimum Gasteiger partial charge on any atom is -0.545 e. The molecular formula is C34H46NiO3. The Hall–Kier alpha value is -1.93. The van der Waals surface area contributed by atoms with Gasteiger partial charge >= 0.3 is 16.5 Å². The van der Waals surface area contributed by atoms with Crippen LogP contribution in [0.25, 0.3) is 0 Å². The van der Waals surface area contributed by atoms with Crippen molar-refractivity contribution in [1.29, 1.82) is 0 Å². The SMILES string of the molecule is Cc1cc(O)cc2c1CC1(CCCCC1)CC2.Cc1ccc2c(c1)CCC1(CCCCC1)C2.[2H][C-]=O.[2H][C-]=O.[Ni+2]. The van der Waals surface area contributed by atoms with Crippen LogP contribution in [0, 0.1) is 24.7 Å². The minimum absolute atomic E-state index is 0. The van der Waals surface area contributed by atoms with E-state index in [1.54, 1.807) is 11.1 Å². The van der Waals surface area contributed by atoms with Crippen molar-refractivity contribution < 1.29 is 33.9 Å². The van der Waals surface area contributed by atoms with E-state index in [1.165, 1.54) is 125 Å². The van der Waals surface area contributed by atoms with Crippen molar-refractivity contribution in [3.8, 4) is 5.75 Å². The van der Waals surface area contributed by atoms with Gasteiger partial charge in [0.2, 0.25) is 0 Å². The van der Waals surface area contributed by atoms with Gasteiger partial charge in [0.15, 0.2) is 0 Å². The molecule has 2 saturated carbocycles. The third-order valence-corrected chi connectivity index (χ3v) is 9.71. The van der Waals surface area contributed by atoms with Crippen LogP contribution in [0.5, 0.6) is 5.75 Å². The molecule has 0 unspecified atom stereocenters. The van der Waals surface area contributed by atoms with Crippen LogP contribution in [0.3, 0.4) is 0 Å². The summed E-state index contributed by atoms with van der Waals surface area (Å²) in [5.41, 5.74) is 10.3. The fraction of sp³-hybridized carbons (Fsp3) is 0.588. The molecule has 0 radical (unpaired) electrons. The molecule has 0 amide bonds. The second-order valence-electron chi connectivity index (χ2n) is 12.1. The Balaban J connectivity index is 0.000000230. The molecule has 210 valence electrons. The number of phenolic OH excluding ortho intramolecular Hbond substituents is 1. The third kappa shape index (κ3) is 7.81. The Labute approximate surface area is 243 Å². The Morgan fingerprint density at radius 1 is 0.711 bits per heavy atom. The van der Waals surface area contributed by atoms with Gasteiger partial charge in [-0.2, -0.15) is 2.74 Å². The summed E-state index contributed by atoms with van der Waals surface area (Å²) >= 11 is 0. The summed E-state index contributed by atoms with van der Waals surface area (Å²) in [6, 6.07) is 11.0. The predicted molar refractivity (Wildman–Crippen MR) is 153 cm³/mol. The Kier molecular flexibility index (Phi) is 11.5. The number of carbonyl (C=O) groups excluding carboxylic acids is 2. The van der Waals surface area contributed by atoms with Crippen molar-refractivity contribution in [2.24, 2.45) is 10.8 Å². The normalized spacial score (nSPS) is 20.5. The largest absolute Gasteiger partial charge is 2.00 e. The fourth-order valence-corrected chi connectivity index (χ4v) is 7.72. The van der Waals surface area contributed by atoms with Gasteiger partial charge in [-0.1, -0.05) is 62.3 Å². The molecule has 3 nitrogen and oxygen atoms in total. The van der Waals surface area contributed by atoms with Gasteiger partial charge in [-0.15, -0.1) is 0 Å². The van der Waals surface area contributed by atoms with Gasteiger partial charge in [0, 0.05) is 0 Å². The van der Waals surface area contributed by atoms with Gasteiger partial charge in [-0.25, -0.2) is 0 Å². The maximum atomic E-state index is 9.67. The summed E-state index contributed by atoms with van der Waals surface area (Å²) < 4.78 is 10.8. The maximum absolute atomic E-state index is 9.67. The van der Waals surface area contributed by atoms with Crippen LogP contribution >= 0.6 is 0 Å². The summed E-state index contributed by atoms with van der Waals surface area (Å²) in [7, 11) is 0. The summed E-state index contributed by atoms with van der Waals surface area (Å²) in [5.74, 6) is 0.445. The first kappa shape index (κ1) is 29.1. The first-order valence-electron chi connectivity index (χ1n) is 15.3. The van der Waals surface area contributed by atoms with Crippen molar-refractivity contribution in [1.82, 2.24) is 0 Å². The maximum Gasteiger partial charge on any atom is 2.00 e. The number of benzene rings is 2. The van der Waals surface area contributed by atoms with Crippen LogP contribution < -0.4 is 0 Å². The topological polar surface area (TPSA) is 54.4 Å². The van der Waals surface area contributed by atoms with Gasteiger partial charge in [-0.3, -0.25) is 13.5 Å². The zero-order valence-electron chi connectivity index (χ0n) is 25.3. The summed E-state index contributed by atoms with van der Waals surface area (Å²) in [6.45, 7) is 5.87. The Morgan fingerprint density at radius 3 is 1.82 bits per heavy atom. The number of fused-ring (bicyclic) bond motifs is 2. The third-order valence-electron chi connectivity index (χ3n) is 9.71. The van der Waals surface area contributed by atoms with Crippen molar-refractivity contribution in [2.45, 2.75) is 117 Å². The molecule has 0 heterocycles. The standard InChI is InChI=1S/C16H22O.C16H22.2CHO.Ni/c1-12-9-14(17)10-13-5-8-16(11-15(12)13)6-3-2-4-7-16;1-13-5-6-15-12-16(8-3-2-4-9-16)10-7-14(15)11-13;2*1-2;/h9-10,17H,2-8,11H2,1H3;5-6,11H,2-4,7-10,12H2,1H3;2*1H;/q;;2*-1;+2/i;;2*1D;. The van der Waals surface area contributed by atoms with E-state index in [9.17, 15) is 5.11 Å². The van der Waals surface area contributed by atoms with Crippen LogP contribution in [-0.4, -0.2) is 18.6 Å². The number of hydrogen-bond donors (Lipinski definition) is 1. The molecule has 0 atom stereocenters. The molecule has 38 heavy (non-hydrogen) atoms. The molecular weight excluding hydrogens is 515 g/mol. The molecule has 2 aromatic rings. The minimum atomic E-state index is 0. The molecule has 2 fully saturated rings. The van der Waals surface area contributed by atoms with Crippen molar-refractivity contribution in [2.75, 3.05) is 0 Å². The molecule has 1 N–H and O–H groups in total. The molecule has 2 aromatic carbocycles. The van der Waals surface area contributed by atoms with Crippen LogP contribution in [-0.2, 0) is 51.8 Å². The van der Waals surface area contributed by atoms with Crippen LogP contribution in [0.15, 0.2) is 30.3 Å². The number of hydrogen-bond acceptors (Lipinski definition) is 3. The zero-order valence-corrected chi connectivity index (χ0v) is 24.3. The summed E-state index contributed by atoms with van der Waals surface area (Å²) in [4.78, 5) is 16.7. The number of phenols is 1. The van der Waals surface area contributed by atoms with Gasteiger partial charge in [0.05, 0.1) is 0 Å². The van der Waals surface area contributed by atoms with E-state index in [4.69, 9.17) is 12.3 Å². The molecule has 4 aliphatic rings. The first-order valence-corrected chi connectivity index (χ1v) is 14.3. The second-order valence-corrected chi connectivity index (χ2v) is 12.1. The number of aromatic hydroxyl groups is 1. The van der Waals surface area contributed by atoms with Gasteiger partial charge < -0.3 is 14.7 Å². The molecule has 0 saturated heterocycles. The quantitative estimate of drug-likeness (QED) is 0.201. The summed E-state index contributed by atoms with van der Waals surface area (Å²) in [6.07, 6.45) is 22.4. The van der Waals surface area contributed by atoms with Crippen molar-refractivity contribution in [3.63, 3.8) is 0 Å². The average molecular weight is 563 g/mol. The second kappa shape index (κ2) is 15.0. The predicted octanol–water partition coefficient (Wildman–Crippen LogP) is 8.02. The smallest absolute Gasteiger partial charge is 0.545 e. The number of aryl methyl sites for hydroxylation is 4. The van der Waals surface area contributed by atoms with E-state index in [1.807, 2.05) is 12.1 Å². The van der Waals surface area contributed by atoms with E-state index < -0.39 is 0 Å². The molecule has 0 bridgehead atoms. The van der Waals surface area contributed by atoms with Crippen LogP contribution in [0.2, 0.25) is 0 Å². The Bertz CT molecular complexity index is 1080. The van der Waals surface area contributed by atoms with Crippen molar-refractivity contribution in [3.05, 3.63) is 63.7 Å². The van der Waals surface area contributed by atoms with Gasteiger partial charge in [-0.05, 0) is 129 Å². The van der Waals surface area contributed by atoms with Crippen LogP contribution in [0.1, 0.15) is 113 Å². The first-order chi connectivity index (χ1) is 18.8. The van der Waals surface area contributed by atoms with Gasteiger partial charge in [0.25, 0.3) is 0 Å². The Morgan fingerprint density at radius 2 is 1.24 bits per heavy atom. The van der Waals surface area contributed by atoms with Crippen LogP contribution in [0.4, 0.5) is 0 Å². The van der Waals surface area contributed by atoms with E-state index in [-0.39, 0.29) is 16.5 Å². The molecule has 2 spiro atoms. The zero-order chi connectivity index (χ0) is 28.3. The van der Waals surface area contributed by atoms with E-state index in [0.717, 1.165) is 13.5 Å². The molecule has 0 aromatic heterocycles. The summed E-state index contributed by atoms with van der Waals surface area (Å²) in [5, 5.41) is 9.67. The molecule has 4 heteroatoms. The van der Waals surface area contributed by atoms with Crippen molar-refractivity contribution >= 4 is 13.5 Å². The van der Waals surface area contributed by atoms with Gasteiger partial charge in [0.1, 0.15) is 5.75 Å². The molecule has 4 aliphatic carbocycles. The molecule has 0 aliphatic heterocycles.